The number of rotatable bonds is 3. The van der Waals surface area contributed by atoms with Crippen molar-refractivity contribution in [3.8, 4) is 0 Å². The number of carbonyl (C=O) groups excluding carboxylic acids is 4. The zero-order valence-electron chi connectivity index (χ0n) is 17.5. The maximum Gasteiger partial charge on any atom is 0.334 e. The Bertz CT molecular complexity index is 839. The molecular formula is C21H26O9. The summed E-state index contributed by atoms with van der Waals surface area (Å²) in [4.78, 5) is 47.9. The number of carbonyl (C=O) groups is 4. The van der Waals surface area contributed by atoms with Gasteiger partial charge >= 0.3 is 23.9 Å². The molecule has 164 valence electrons. The van der Waals surface area contributed by atoms with Gasteiger partial charge in [0.05, 0.1) is 5.92 Å². The van der Waals surface area contributed by atoms with Gasteiger partial charge in [-0.05, 0) is 19.9 Å². The molecule has 8 atom stereocenters. The van der Waals surface area contributed by atoms with Crippen LogP contribution in [0.3, 0.4) is 0 Å². The van der Waals surface area contributed by atoms with E-state index in [1.165, 1.54) is 20.8 Å². The summed E-state index contributed by atoms with van der Waals surface area (Å²) in [5, 5.41) is 11.7. The third-order valence-electron chi connectivity index (χ3n) is 6.11. The van der Waals surface area contributed by atoms with E-state index in [-0.39, 0.29) is 5.57 Å². The van der Waals surface area contributed by atoms with E-state index in [2.05, 4.69) is 6.58 Å². The van der Waals surface area contributed by atoms with Crippen molar-refractivity contribution < 1.29 is 43.2 Å². The first-order valence-electron chi connectivity index (χ1n) is 9.68. The Hall–Kier alpha value is -2.68. The summed E-state index contributed by atoms with van der Waals surface area (Å²) < 4.78 is 21.9. The molecule has 3 aliphatic rings. The van der Waals surface area contributed by atoms with Gasteiger partial charge in [-0.1, -0.05) is 12.2 Å². The molecule has 0 amide bonds. The SMILES string of the molecule is C=C1C(=O)OC2C1C(OC(C)=O)C(OC(C)=O)C(C)(O)C1C(OC(C)=O)C=C(C)C21. The van der Waals surface area contributed by atoms with E-state index in [4.69, 9.17) is 18.9 Å². The zero-order valence-corrected chi connectivity index (χ0v) is 17.5. The van der Waals surface area contributed by atoms with Crippen LogP contribution in [0.4, 0.5) is 0 Å². The summed E-state index contributed by atoms with van der Waals surface area (Å²) in [6.07, 6.45) is -2.59. The molecule has 0 aromatic rings. The van der Waals surface area contributed by atoms with Crippen LogP contribution in [-0.2, 0) is 38.1 Å². The summed E-state index contributed by atoms with van der Waals surface area (Å²) in [6, 6.07) is 0. The summed E-state index contributed by atoms with van der Waals surface area (Å²) in [5.74, 6) is -4.87. The molecule has 8 unspecified atom stereocenters. The second kappa shape index (κ2) is 7.54. The number of fused-ring (bicyclic) bond motifs is 3. The average Bonchev–Trinajstić information content (AvgIpc) is 3.04. The van der Waals surface area contributed by atoms with E-state index in [1.54, 1.807) is 13.0 Å². The van der Waals surface area contributed by atoms with Crippen molar-refractivity contribution in [2.75, 3.05) is 0 Å². The monoisotopic (exact) mass is 422 g/mol. The molecule has 0 aromatic heterocycles. The Morgan fingerprint density at radius 1 is 1.07 bits per heavy atom. The summed E-state index contributed by atoms with van der Waals surface area (Å²) in [6.45, 7) is 10.6. The van der Waals surface area contributed by atoms with Gasteiger partial charge in [-0.25, -0.2) is 4.79 Å². The van der Waals surface area contributed by atoms with Crippen LogP contribution in [0.5, 0.6) is 0 Å². The lowest BCUT2D eigenvalue weighted by atomic mass is 9.74. The summed E-state index contributed by atoms with van der Waals surface area (Å²) in [7, 11) is 0. The molecule has 1 saturated heterocycles. The topological polar surface area (TPSA) is 125 Å². The first-order valence-corrected chi connectivity index (χ1v) is 9.68. The lowest BCUT2D eigenvalue weighted by Crippen LogP contribution is -2.57. The van der Waals surface area contributed by atoms with Gasteiger partial charge in [0.2, 0.25) is 0 Å². The first kappa shape index (κ1) is 22.0. The van der Waals surface area contributed by atoms with Crippen molar-refractivity contribution in [3.05, 3.63) is 23.8 Å². The number of ether oxygens (including phenoxy) is 4. The Morgan fingerprint density at radius 3 is 2.17 bits per heavy atom. The van der Waals surface area contributed by atoms with E-state index in [1.807, 2.05) is 0 Å². The number of hydrogen-bond acceptors (Lipinski definition) is 9. The highest BCUT2D eigenvalue weighted by Gasteiger charge is 2.66. The van der Waals surface area contributed by atoms with Crippen LogP contribution >= 0.6 is 0 Å². The first-order chi connectivity index (χ1) is 13.9. The largest absolute Gasteiger partial charge is 0.458 e. The molecular weight excluding hydrogens is 396 g/mol. The Labute approximate surface area is 174 Å². The average molecular weight is 422 g/mol. The smallest absolute Gasteiger partial charge is 0.334 e. The standard InChI is InChI=1S/C21H26O9/c1-8-7-13(27-10(3)22)16-14(8)17-15(9(2)20(25)30-17)18(28-11(4)23)19(21(16,6)26)29-12(5)24/h7,13-19,26H,2H2,1,3-6H3. The van der Waals surface area contributed by atoms with Crippen molar-refractivity contribution in [1.29, 1.82) is 0 Å². The number of hydrogen-bond donors (Lipinski definition) is 1. The van der Waals surface area contributed by atoms with Crippen molar-refractivity contribution in [2.45, 2.75) is 64.6 Å². The number of esters is 4. The van der Waals surface area contributed by atoms with Crippen LogP contribution in [0, 0.1) is 17.8 Å². The Balaban J connectivity index is 2.21. The van der Waals surface area contributed by atoms with Crippen LogP contribution in [0.2, 0.25) is 0 Å². The van der Waals surface area contributed by atoms with Gasteiger partial charge in [-0.15, -0.1) is 0 Å². The Kier molecular flexibility index (Phi) is 5.53. The van der Waals surface area contributed by atoms with Gasteiger partial charge in [0.1, 0.15) is 17.8 Å². The van der Waals surface area contributed by atoms with Crippen LogP contribution in [0.1, 0.15) is 34.6 Å². The molecule has 0 bridgehead atoms. The molecule has 1 aliphatic heterocycles. The zero-order chi connectivity index (χ0) is 22.5. The van der Waals surface area contributed by atoms with E-state index in [0.717, 1.165) is 12.5 Å². The molecule has 0 spiro atoms. The molecule has 30 heavy (non-hydrogen) atoms. The van der Waals surface area contributed by atoms with Crippen LogP contribution < -0.4 is 0 Å². The minimum absolute atomic E-state index is 0.0589. The third kappa shape index (κ3) is 3.51. The van der Waals surface area contributed by atoms with E-state index >= 15 is 0 Å². The van der Waals surface area contributed by atoms with Crippen LogP contribution in [0.15, 0.2) is 23.8 Å². The highest BCUT2D eigenvalue weighted by molar-refractivity contribution is 5.91. The summed E-state index contributed by atoms with van der Waals surface area (Å²) in [5.41, 5.74) is -1.01. The molecule has 2 aliphatic carbocycles. The van der Waals surface area contributed by atoms with Gasteiger partial charge < -0.3 is 24.1 Å². The highest BCUT2D eigenvalue weighted by Crippen LogP contribution is 2.54. The third-order valence-corrected chi connectivity index (χ3v) is 6.11. The molecule has 0 aromatic carbocycles. The maximum absolute atomic E-state index is 12.4. The fourth-order valence-electron chi connectivity index (χ4n) is 5.11. The molecule has 2 fully saturated rings. The quantitative estimate of drug-likeness (QED) is 0.305. The molecule has 9 heteroatoms. The summed E-state index contributed by atoms with van der Waals surface area (Å²) >= 11 is 0. The van der Waals surface area contributed by atoms with E-state index < -0.39 is 71.6 Å². The number of aliphatic hydroxyl groups is 1. The molecule has 1 saturated carbocycles. The fraction of sp³-hybridized carbons (Fsp3) is 0.619. The van der Waals surface area contributed by atoms with Gasteiger partial charge in [-0.3, -0.25) is 14.4 Å². The molecule has 3 rings (SSSR count). The van der Waals surface area contributed by atoms with Gasteiger partial charge in [0.25, 0.3) is 0 Å². The highest BCUT2D eigenvalue weighted by atomic mass is 16.6. The van der Waals surface area contributed by atoms with Crippen molar-refractivity contribution in [2.24, 2.45) is 17.8 Å². The predicted octanol–water partition coefficient (Wildman–Crippen LogP) is 0.836. The lowest BCUT2D eigenvalue weighted by Gasteiger charge is -2.42. The minimum atomic E-state index is -1.80. The molecule has 0 radical (unpaired) electrons. The second-order valence-electron chi connectivity index (χ2n) is 8.29. The lowest BCUT2D eigenvalue weighted by molar-refractivity contribution is -0.203. The molecule has 1 heterocycles. The van der Waals surface area contributed by atoms with Crippen LogP contribution in [0.25, 0.3) is 0 Å². The molecule has 9 nitrogen and oxygen atoms in total. The van der Waals surface area contributed by atoms with Gasteiger partial charge in [0.15, 0.2) is 12.2 Å². The van der Waals surface area contributed by atoms with Gasteiger partial charge in [0, 0.05) is 38.2 Å². The van der Waals surface area contributed by atoms with Crippen molar-refractivity contribution >= 4 is 23.9 Å². The molecule has 1 N–H and O–H groups in total. The van der Waals surface area contributed by atoms with Crippen LogP contribution in [-0.4, -0.2) is 59.0 Å². The second-order valence-corrected chi connectivity index (χ2v) is 8.29. The Morgan fingerprint density at radius 2 is 1.63 bits per heavy atom. The normalized spacial score (nSPS) is 39.8. The fourth-order valence-corrected chi connectivity index (χ4v) is 5.11. The van der Waals surface area contributed by atoms with Gasteiger partial charge in [-0.2, -0.15) is 0 Å². The van der Waals surface area contributed by atoms with Crippen molar-refractivity contribution in [3.63, 3.8) is 0 Å². The maximum atomic E-state index is 12.4. The minimum Gasteiger partial charge on any atom is -0.458 e. The predicted molar refractivity (Wildman–Crippen MR) is 101 cm³/mol. The van der Waals surface area contributed by atoms with E-state index in [9.17, 15) is 24.3 Å². The van der Waals surface area contributed by atoms with E-state index in [0.29, 0.717) is 0 Å². The van der Waals surface area contributed by atoms with Crippen molar-refractivity contribution in [1.82, 2.24) is 0 Å².